The van der Waals surface area contributed by atoms with E-state index in [2.05, 4.69) is 15.5 Å². The summed E-state index contributed by atoms with van der Waals surface area (Å²) in [7, 11) is -3.69. The molecule has 2 atom stereocenters. The van der Waals surface area contributed by atoms with Crippen LogP contribution >= 0.6 is 0 Å². The Morgan fingerprint density at radius 1 is 1.06 bits per heavy atom. The maximum atomic E-state index is 13.0. The Kier molecular flexibility index (Phi) is 6.69. The number of benzene rings is 2. The second kappa shape index (κ2) is 9.42. The van der Waals surface area contributed by atoms with Crippen molar-refractivity contribution < 1.29 is 30.8 Å². The molecule has 0 bridgehead atoms. The van der Waals surface area contributed by atoms with Gasteiger partial charge in [-0.1, -0.05) is 25.0 Å². The van der Waals surface area contributed by atoms with E-state index in [1.165, 1.54) is 40.7 Å². The molecule has 8 nitrogen and oxygen atoms in total. The fraction of sp³-hybridized carbons (Fsp3) is 0.348. The van der Waals surface area contributed by atoms with Crippen LogP contribution in [0.25, 0.3) is 11.5 Å². The molecule has 1 aliphatic heterocycles. The van der Waals surface area contributed by atoms with Gasteiger partial charge in [0.05, 0.1) is 10.5 Å². The maximum Gasteiger partial charge on any atom is 0.416 e. The molecule has 186 valence electrons. The minimum absolute atomic E-state index is 0.0451. The molecule has 1 saturated heterocycles. The lowest BCUT2D eigenvalue weighted by Gasteiger charge is -2.34. The van der Waals surface area contributed by atoms with E-state index < -0.39 is 27.7 Å². The maximum absolute atomic E-state index is 13.0. The van der Waals surface area contributed by atoms with Gasteiger partial charge < -0.3 is 4.42 Å². The fourth-order valence-electron chi connectivity index (χ4n) is 4.12. The van der Waals surface area contributed by atoms with E-state index in [9.17, 15) is 26.4 Å². The molecular weight excluding hydrogens is 485 g/mol. The predicted octanol–water partition coefficient (Wildman–Crippen LogP) is 4.67. The van der Waals surface area contributed by atoms with Crippen LogP contribution in [0, 0.1) is 11.8 Å². The molecular formula is C23H23F3N4O4S. The van der Waals surface area contributed by atoms with Gasteiger partial charge in [0.1, 0.15) is 0 Å². The van der Waals surface area contributed by atoms with Crippen LogP contribution in [-0.2, 0) is 16.2 Å². The molecule has 4 rings (SSSR count). The quantitative estimate of drug-likeness (QED) is 0.537. The topological polar surface area (TPSA) is 105 Å². The van der Waals surface area contributed by atoms with Crippen LogP contribution in [0.15, 0.2) is 57.8 Å². The number of hydrogen-bond donors (Lipinski definition) is 1. The molecule has 2 aromatic carbocycles. The lowest BCUT2D eigenvalue weighted by atomic mass is 9.94. The number of nitrogens with zero attached hydrogens (tertiary/aromatic N) is 3. The molecule has 1 aromatic heterocycles. The number of carbonyl (C=O) groups excluding carboxylic acids is 1. The summed E-state index contributed by atoms with van der Waals surface area (Å²) < 4.78 is 71.5. The van der Waals surface area contributed by atoms with Crippen molar-refractivity contribution in [1.82, 2.24) is 14.5 Å². The van der Waals surface area contributed by atoms with Crippen molar-refractivity contribution >= 4 is 21.9 Å². The molecule has 1 fully saturated rings. The van der Waals surface area contributed by atoms with E-state index >= 15 is 0 Å². The van der Waals surface area contributed by atoms with Crippen molar-refractivity contribution in [2.24, 2.45) is 11.8 Å². The minimum atomic E-state index is -4.53. The van der Waals surface area contributed by atoms with Crippen molar-refractivity contribution in [3.63, 3.8) is 0 Å². The molecule has 1 amide bonds. The molecule has 0 radical (unpaired) electrons. The van der Waals surface area contributed by atoms with Crippen LogP contribution in [0.3, 0.4) is 0 Å². The summed E-state index contributed by atoms with van der Waals surface area (Å²) in [5, 5.41) is 9.70. The summed E-state index contributed by atoms with van der Waals surface area (Å²) in [6, 6.07) is 9.49. The number of carbonyl (C=O) groups is 1. The highest BCUT2D eigenvalue weighted by Gasteiger charge is 2.32. The van der Waals surface area contributed by atoms with Crippen LogP contribution in [0.2, 0.25) is 0 Å². The van der Waals surface area contributed by atoms with Gasteiger partial charge in [-0.3, -0.25) is 10.1 Å². The second-order valence-corrected chi connectivity index (χ2v) is 10.7. The Morgan fingerprint density at radius 2 is 1.71 bits per heavy atom. The Balaban J connectivity index is 1.46. The van der Waals surface area contributed by atoms with Crippen LogP contribution < -0.4 is 5.32 Å². The van der Waals surface area contributed by atoms with Crippen LogP contribution in [0.4, 0.5) is 19.2 Å². The molecule has 0 unspecified atom stereocenters. The minimum Gasteiger partial charge on any atom is -0.403 e. The normalized spacial score (nSPS) is 19.5. The first-order valence-corrected chi connectivity index (χ1v) is 12.3. The first-order valence-electron chi connectivity index (χ1n) is 10.9. The number of hydrogen-bond acceptors (Lipinski definition) is 6. The highest BCUT2D eigenvalue weighted by Crippen LogP contribution is 2.32. The summed E-state index contributed by atoms with van der Waals surface area (Å²) >= 11 is 0. The highest BCUT2D eigenvalue weighted by molar-refractivity contribution is 7.89. The Bertz CT molecular complexity index is 1310. The lowest BCUT2D eigenvalue weighted by Crippen LogP contribution is -2.42. The second-order valence-electron chi connectivity index (χ2n) is 8.74. The van der Waals surface area contributed by atoms with Gasteiger partial charge in [-0.15, -0.1) is 5.10 Å². The molecule has 0 saturated carbocycles. The zero-order valence-corrected chi connectivity index (χ0v) is 19.7. The van der Waals surface area contributed by atoms with Gasteiger partial charge in [0.25, 0.3) is 5.91 Å². The van der Waals surface area contributed by atoms with Crippen LogP contribution in [0.1, 0.15) is 36.2 Å². The first kappa shape index (κ1) is 24.9. The number of nitrogens with one attached hydrogen (secondary N) is 1. The van der Waals surface area contributed by atoms with E-state index in [-0.39, 0.29) is 39.8 Å². The number of anilines is 1. The average molecular weight is 509 g/mol. The number of piperidine rings is 1. The summed E-state index contributed by atoms with van der Waals surface area (Å²) in [5.41, 5.74) is -0.686. The monoisotopic (exact) mass is 508 g/mol. The number of aromatic nitrogens is 2. The summed E-state index contributed by atoms with van der Waals surface area (Å²) in [6.45, 7) is 4.92. The Morgan fingerprint density at radius 3 is 2.34 bits per heavy atom. The summed E-state index contributed by atoms with van der Waals surface area (Å²) in [6.07, 6.45) is -3.56. The van der Waals surface area contributed by atoms with E-state index in [0.717, 1.165) is 18.6 Å². The molecule has 2 heterocycles. The van der Waals surface area contributed by atoms with E-state index in [1.807, 2.05) is 13.8 Å². The Hall–Kier alpha value is -3.25. The van der Waals surface area contributed by atoms with Crippen molar-refractivity contribution in [1.29, 1.82) is 0 Å². The van der Waals surface area contributed by atoms with Crippen LogP contribution in [-0.4, -0.2) is 41.9 Å². The van der Waals surface area contributed by atoms with Gasteiger partial charge in [-0.2, -0.15) is 17.5 Å². The molecule has 0 spiro atoms. The third kappa shape index (κ3) is 5.54. The van der Waals surface area contributed by atoms with Gasteiger partial charge in [-0.05, 0) is 60.7 Å². The standard InChI is InChI=1S/C23H23F3N4O4S/c1-14-10-15(2)13-30(12-14)35(32,33)19-8-6-16(7-9-19)20(31)27-22-29-28-21(34-22)17-4-3-5-18(11-17)23(24,25)26/h3-9,11,14-15H,10,12-13H2,1-2H3,(H,27,29,31)/t14-,15+. The third-order valence-corrected chi connectivity index (χ3v) is 7.52. The number of halogens is 3. The fourth-order valence-corrected chi connectivity index (χ4v) is 5.80. The highest BCUT2D eigenvalue weighted by atomic mass is 32.2. The molecule has 12 heteroatoms. The first-order chi connectivity index (χ1) is 16.4. The van der Waals surface area contributed by atoms with Crippen molar-refractivity contribution in [3.8, 4) is 11.5 Å². The van der Waals surface area contributed by atoms with Gasteiger partial charge in [0, 0.05) is 24.2 Å². The van der Waals surface area contributed by atoms with Gasteiger partial charge >= 0.3 is 12.2 Å². The summed E-state index contributed by atoms with van der Waals surface area (Å²) in [5.74, 6) is -0.325. The van der Waals surface area contributed by atoms with Gasteiger partial charge in [0.15, 0.2) is 0 Å². The number of alkyl halides is 3. The third-order valence-electron chi connectivity index (χ3n) is 5.67. The molecule has 0 aliphatic carbocycles. The zero-order chi connectivity index (χ0) is 25.4. The smallest absolute Gasteiger partial charge is 0.403 e. The van der Waals surface area contributed by atoms with E-state index in [0.29, 0.717) is 13.1 Å². The zero-order valence-electron chi connectivity index (χ0n) is 18.9. The average Bonchev–Trinajstić information content (AvgIpc) is 3.26. The van der Waals surface area contributed by atoms with E-state index in [4.69, 9.17) is 4.42 Å². The molecule has 1 aliphatic rings. The van der Waals surface area contributed by atoms with Crippen molar-refractivity contribution in [2.75, 3.05) is 18.4 Å². The Labute approximate surface area is 200 Å². The van der Waals surface area contributed by atoms with Crippen molar-refractivity contribution in [3.05, 3.63) is 59.7 Å². The molecule has 35 heavy (non-hydrogen) atoms. The number of sulfonamides is 1. The van der Waals surface area contributed by atoms with E-state index in [1.54, 1.807) is 0 Å². The number of amides is 1. The SMILES string of the molecule is C[C@@H]1C[C@H](C)CN(S(=O)(=O)c2ccc(C(=O)Nc3nnc(-c4cccc(C(F)(F)F)c4)o3)cc2)C1. The van der Waals surface area contributed by atoms with Crippen LogP contribution in [0.5, 0.6) is 0 Å². The van der Waals surface area contributed by atoms with Gasteiger partial charge in [0.2, 0.25) is 15.9 Å². The molecule has 1 N–H and O–H groups in total. The number of rotatable bonds is 5. The lowest BCUT2D eigenvalue weighted by molar-refractivity contribution is -0.137. The van der Waals surface area contributed by atoms with Crippen molar-refractivity contribution in [2.45, 2.75) is 31.3 Å². The largest absolute Gasteiger partial charge is 0.416 e. The molecule has 3 aromatic rings. The van der Waals surface area contributed by atoms with Gasteiger partial charge in [-0.25, -0.2) is 8.42 Å². The summed E-state index contributed by atoms with van der Waals surface area (Å²) in [4.78, 5) is 12.6. The predicted molar refractivity (Wildman–Crippen MR) is 121 cm³/mol.